The molecular formula is C18H19N7O. The Hall–Kier alpha value is -3.29. The van der Waals surface area contributed by atoms with E-state index in [1.807, 2.05) is 24.3 Å². The Morgan fingerprint density at radius 1 is 1.15 bits per heavy atom. The standard InChI is InChI=1S/C18H19N7O/c26-17(14-5-3-10-24(11-14)18-20-8-4-9-21-18)23-15-6-1-2-7-16(15)25-13-19-12-22-25/h1-2,4,6-9,12-14H,3,5,10-11H2,(H,23,26)/t14-/m1/s1. The second-order valence-electron chi connectivity index (χ2n) is 6.18. The quantitative estimate of drug-likeness (QED) is 0.774. The van der Waals surface area contributed by atoms with Crippen LogP contribution in [0, 0.1) is 5.92 Å². The average molecular weight is 349 g/mol. The van der Waals surface area contributed by atoms with Gasteiger partial charge in [-0.25, -0.2) is 19.6 Å². The normalized spacial score (nSPS) is 17.1. The van der Waals surface area contributed by atoms with E-state index >= 15 is 0 Å². The SMILES string of the molecule is O=C(Nc1ccccc1-n1cncn1)[C@@H]1CCCN(c2ncccn2)C1. The number of aromatic nitrogens is 5. The highest BCUT2D eigenvalue weighted by molar-refractivity contribution is 5.94. The summed E-state index contributed by atoms with van der Waals surface area (Å²) in [5, 5.41) is 7.19. The lowest BCUT2D eigenvalue weighted by molar-refractivity contribution is -0.120. The van der Waals surface area contributed by atoms with Gasteiger partial charge < -0.3 is 10.2 Å². The highest BCUT2D eigenvalue weighted by atomic mass is 16.1. The van der Waals surface area contributed by atoms with Crippen LogP contribution in [0.3, 0.4) is 0 Å². The van der Waals surface area contributed by atoms with Crippen LogP contribution in [-0.2, 0) is 4.79 Å². The molecule has 1 aromatic carbocycles. The summed E-state index contributed by atoms with van der Waals surface area (Å²) in [4.78, 5) is 27.5. The van der Waals surface area contributed by atoms with Crippen molar-refractivity contribution in [2.75, 3.05) is 23.3 Å². The Morgan fingerprint density at radius 3 is 2.81 bits per heavy atom. The maximum Gasteiger partial charge on any atom is 0.229 e. The third-order valence-electron chi connectivity index (χ3n) is 4.45. The fourth-order valence-corrected chi connectivity index (χ4v) is 3.17. The summed E-state index contributed by atoms with van der Waals surface area (Å²) in [6.07, 6.45) is 8.31. The number of anilines is 2. The van der Waals surface area contributed by atoms with Crippen molar-refractivity contribution in [3.8, 4) is 5.69 Å². The van der Waals surface area contributed by atoms with Gasteiger partial charge in [-0.3, -0.25) is 4.79 Å². The molecule has 0 saturated carbocycles. The average Bonchev–Trinajstić information content (AvgIpc) is 3.24. The molecule has 8 heteroatoms. The van der Waals surface area contributed by atoms with Crippen LogP contribution in [0.25, 0.3) is 5.69 Å². The molecule has 26 heavy (non-hydrogen) atoms. The summed E-state index contributed by atoms with van der Waals surface area (Å²) in [6, 6.07) is 9.35. The van der Waals surface area contributed by atoms with Crippen molar-refractivity contribution >= 4 is 17.5 Å². The molecule has 3 heterocycles. The lowest BCUT2D eigenvalue weighted by Gasteiger charge is -2.32. The molecule has 1 atom stereocenters. The molecule has 1 N–H and O–H groups in total. The van der Waals surface area contributed by atoms with Crippen LogP contribution in [0.1, 0.15) is 12.8 Å². The monoisotopic (exact) mass is 349 g/mol. The molecule has 3 aromatic rings. The van der Waals surface area contributed by atoms with Gasteiger partial charge in [0.05, 0.1) is 17.3 Å². The number of nitrogens with zero attached hydrogens (tertiary/aromatic N) is 6. The predicted molar refractivity (Wildman–Crippen MR) is 97.0 cm³/mol. The second-order valence-corrected chi connectivity index (χ2v) is 6.18. The topological polar surface area (TPSA) is 88.8 Å². The molecule has 1 amide bonds. The summed E-state index contributed by atoms with van der Waals surface area (Å²) in [5.41, 5.74) is 1.51. The molecule has 1 aliphatic rings. The molecule has 0 aliphatic carbocycles. The molecule has 132 valence electrons. The predicted octanol–water partition coefficient (Wildman–Crippen LogP) is 1.91. The highest BCUT2D eigenvalue weighted by Gasteiger charge is 2.27. The molecule has 0 radical (unpaired) electrons. The first kappa shape index (κ1) is 16.2. The van der Waals surface area contributed by atoms with Gasteiger partial charge in [-0.05, 0) is 31.0 Å². The molecule has 8 nitrogen and oxygen atoms in total. The minimum absolute atomic E-state index is 0.00167. The maximum atomic E-state index is 12.8. The van der Waals surface area contributed by atoms with Crippen LogP contribution in [0.2, 0.25) is 0 Å². The van der Waals surface area contributed by atoms with Gasteiger partial charge >= 0.3 is 0 Å². The lowest BCUT2D eigenvalue weighted by atomic mass is 9.97. The first-order valence-corrected chi connectivity index (χ1v) is 8.58. The molecule has 1 fully saturated rings. The Morgan fingerprint density at radius 2 is 2.00 bits per heavy atom. The third-order valence-corrected chi connectivity index (χ3v) is 4.45. The number of carbonyl (C=O) groups is 1. The first-order chi connectivity index (χ1) is 12.8. The summed E-state index contributed by atoms with van der Waals surface area (Å²) in [6.45, 7) is 1.48. The number of carbonyl (C=O) groups excluding carboxylic acids is 1. The molecule has 0 unspecified atom stereocenters. The van der Waals surface area contributed by atoms with Gasteiger partial charge in [-0.1, -0.05) is 12.1 Å². The number of benzene rings is 1. The van der Waals surface area contributed by atoms with Crippen molar-refractivity contribution in [2.24, 2.45) is 5.92 Å². The first-order valence-electron chi connectivity index (χ1n) is 8.58. The van der Waals surface area contributed by atoms with Crippen molar-refractivity contribution in [1.29, 1.82) is 0 Å². The van der Waals surface area contributed by atoms with Crippen LogP contribution in [0.5, 0.6) is 0 Å². The fourth-order valence-electron chi connectivity index (χ4n) is 3.17. The minimum atomic E-state index is -0.114. The number of nitrogens with one attached hydrogen (secondary N) is 1. The van der Waals surface area contributed by atoms with E-state index in [1.165, 1.54) is 6.33 Å². The van der Waals surface area contributed by atoms with Crippen LogP contribution in [0.15, 0.2) is 55.4 Å². The number of para-hydroxylation sites is 2. The van der Waals surface area contributed by atoms with E-state index in [0.29, 0.717) is 12.5 Å². The second kappa shape index (κ2) is 7.30. The van der Waals surface area contributed by atoms with Crippen molar-refractivity contribution in [3.05, 3.63) is 55.4 Å². The van der Waals surface area contributed by atoms with Crippen LogP contribution in [0.4, 0.5) is 11.6 Å². The largest absolute Gasteiger partial charge is 0.340 e. The van der Waals surface area contributed by atoms with Gasteiger partial charge in [0.2, 0.25) is 11.9 Å². The van der Waals surface area contributed by atoms with Crippen molar-refractivity contribution in [3.63, 3.8) is 0 Å². The summed E-state index contributed by atoms with van der Waals surface area (Å²) in [5.74, 6) is 0.558. The van der Waals surface area contributed by atoms with E-state index in [-0.39, 0.29) is 11.8 Å². The Kier molecular flexibility index (Phi) is 4.55. The van der Waals surface area contributed by atoms with Crippen LogP contribution < -0.4 is 10.2 Å². The number of piperidine rings is 1. The third kappa shape index (κ3) is 3.39. The van der Waals surface area contributed by atoms with Crippen molar-refractivity contribution < 1.29 is 4.79 Å². The number of rotatable bonds is 4. The zero-order valence-corrected chi connectivity index (χ0v) is 14.2. The van der Waals surface area contributed by atoms with Gasteiger partial charge in [-0.2, -0.15) is 5.10 Å². The number of amides is 1. The molecule has 0 bridgehead atoms. The van der Waals surface area contributed by atoms with Gasteiger partial charge in [0.1, 0.15) is 12.7 Å². The lowest BCUT2D eigenvalue weighted by Crippen LogP contribution is -2.41. The minimum Gasteiger partial charge on any atom is -0.340 e. The van der Waals surface area contributed by atoms with Gasteiger partial charge in [0, 0.05) is 25.5 Å². The van der Waals surface area contributed by atoms with Crippen LogP contribution in [-0.4, -0.2) is 43.7 Å². The van der Waals surface area contributed by atoms with E-state index in [2.05, 4.69) is 30.3 Å². The number of hydrogen-bond acceptors (Lipinski definition) is 6. The summed E-state index contributed by atoms with van der Waals surface area (Å²) in [7, 11) is 0. The Bertz CT molecular complexity index is 866. The number of hydrogen-bond donors (Lipinski definition) is 1. The molecule has 2 aromatic heterocycles. The molecule has 0 spiro atoms. The Balaban J connectivity index is 1.49. The zero-order valence-electron chi connectivity index (χ0n) is 14.2. The van der Waals surface area contributed by atoms with Gasteiger partial charge in [-0.15, -0.1) is 0 Å². The van der Waals surface area contributed by atoms with E-state index in [1.54, 1.807) is 29.5 Å². The molecular weight excluding hydrogens is 330 g/mol. The fraction of sp³-hybridized carbons (Fsp3) is 0.278. The van der Waals surface area contributed by atoms with Crippen LogP contribution >= 0.6 is 0 Å². The van der Waals surface area contributed by atoms with Gasteiger partial charge in [0.25, 0.3) is 0 Å². The van der Waals surface area contributed by atoms with Gasteiger partial charge in [0.15, 0.2) is 0 Å². The zero-order chi connectivity index (χ0) is 17.8. The molecule has 4 rings (SSSR count). The van der Waals surface area contributed by atoms with Crippen molar-refractivity contribution in [2.45, 2.75) is 12.8 Å². The van der Waals surface area contributed by atoms with E-state index < -0.39 is 0 Å². The summed E-state index contributed by atoms with van der Waals surface area (Å²) < 4.78 is 1.64. The Labute approximate surface area is 150 Å². The van der Waals surface area contributed by atoms with Crippen molar-refractivity contribution in [1.82, 2.24) is 24.7 Å². The van der Waals surface area contributed by atoms with E-state index in [9.17, 15) is 4.79 Å². The molecule has 1 saturated heterocycles. The van der Waals surface area contributed by atoms with E-state index in [0.717, 1.165) is 30.8 Å². The summed E-state index contributed by atoms with van der Waals surface area (Å²) >= 11 is 0. The molecule has 1 aliphatic heterocycles. The van der Waals surface area contributed by atoms with E-state index in [4.69, 9.17) is 0 Å². The highest BCUT2D eigenvalue weighted by Crippen LogP contribution is 2.24. The smallest absolute Gasteiger partial charge is 0.229 e. The maximum absolute atomic E-state index is 12.8.